The molecule has 1 N–H and O–H groups in total. The van der Waals surface area contributed by atoms with Crippen LogP contribution in [0, 0.1) is 3.57 Å². The summed E-state index contributed by atoms with van der Waals surface area (Å²) in [5, 5.41) is 0. The highest BCUT2D eigenvalue weighted by molar-refractivity contribution is 14.1. The molecule has 0 bridgehead atoms. The lowest BCUT2D eigenvalue weighted by molar-refractivity contribution is 0.606. The summed E-state index contributed by atoms with van der Waals surface area (Å²) >= 11 is 5.24. The Morgan fingerprint density at radius 2 is 2.23 bits per heavy atom. The van der Waals surface area contributed by atoms with Crippen LogP contribution < -0.4 is 4.72 Å². The highest BCUT2D eigenvalue weighted by Gasteiger charge is 2.06. The van der Waals surface area contributed by atoms with E-state index in [0.717, 1.165) is 14.3 Å². The van der Waals surface area contributed by atoms with Gasteiger partial charge in [-0.3, -0.25) is 4.72 Å². The summed E-state index contributed by atoms with van der Waals surface area (Å²) in [5.74, 6) is 0.353. The van der Waals surface area contributed by atoms with E-state index in [-0.39, 0.29) is 0 Å². The minimum atomic E-state index is -3.25. The predicted molar refractivity (Wildman–Crippen MR) is 63.1 cm³/mol. The smallest absolute Gasteiger partial charge is 0.231 e. The maximum absolute atomic E-state index is 10.9. The third-order valence-corrected chi connectivity index (χ3v) is 2.91. The van der Waals surface area contributed by atoms with E-state index in [1.54, 1.807) is 6.07 Å². The first-order valence-electron chi connectivity index (χ1n) is 3.17. The van der Waals surface area contributed by atoms with Crippen LogP contribution in [0.1, 0.15) is 0 Å². The first-order chi connectivity index (χ1) is 5.88. The second-order valence-corrected chi connectivity index (χ2v) is 6.18. The average Bonchev–Trinajstić information content (AvgIpc) is 1.93. The van der Waals surface area contributed by atoms with E-state index in [9.17, 15) is 8.42 Å². The van der Waals surface area contributed by atoms with E-state index in [0.29, 0.717) is 5.82 Å². The van der Waals surface area contributed by atoms with Gasteiger partial charge in [0.05, 0.1) is 9.83 Å². The fourth-order valence-electron chi connectivity index (χ4n) is 0.665. The Morgan fingerprint density at radius 3 is 2.69 bits per heavy atom. The molecule has 0 saturated heterocycles. The Morgan fingerprint density at radius 1 is 1.62 bits per heavy atom. The zero-order valence-electron chi connectivity index (χ0n) is 6.58. The second kappa shape index (κ2) is 4.09. The van der Waals surface area contributed by atoms with Gasteiger partial charge in [0, 0.05) is 10.7 Å². The van der Waals surface area contributed by atoms with Crippen molar-refractivity contribution in [2.75, 3.05) is 11.0 Å². The Balaban J connectivity index is 3.04. The number of aromatic nitrogens is 1. The maximum atomic E-state index is 10.9. The van der Waals surface area contributed by atoms with Crippen molar-refractivity contribution in [3.63, 3.8) is 0 Å². The number of halogens is 2. The standard InChI is InChI=1S/C6H6BrIN2O2S/c1-13(11,12)10-6-5(8)2-4(7)3-9-6/h2-3H,1H3,(H,9,10). The van der Waals surface area contributed by atoms with Crippen molar-refractivity contribution in [1.29, 1.82) is 0 Å². The molecule has 0 aromatic carbocycles. The summed E-state index contributed by atoms with van der Waals surface area (Å²) in [5.41, 5.74) is 0. The number of hydrogen-bond acceptors (Lipinski definition) is 3. The van der Waals surface area contributed by atoms with Gasteiger partial charge in [-0.2, -0.15) is 0 Å². The van der Waals surface area contributed by atoms with Crippen molar-refractivity contribution in [2.45, 2.75) is 0 Å². The largest absolute Gasteiger partial charge is 0.267 e. The Hall–Kier alpha value is 0.110. The van der Waals surface area contributed by atoms with Crippen LogP contribution in [0.3, 0.4) is 0 Å². The van der Waals surface area contributed by atoms with Crippen LogP contribution in [0.5, 0.6) is 0 Å². The number of rotatable bonds is 2. The number of sulfonamides is 1. The zero-order chi connectivity index (χ0) is 10.1. The summed E-state index contributed by atoms with van der Waals surface area (Å²) < 4.78 is 25.6. The normalized spacial score (nSPS) is 11.3. The molecule has 0 saturated carbocycles. The van der Waals surface area contributed by atoms with Crippen LogP contribution >= 0.6 is 38.5 Å². The lowest BCUT2D eigenvalue weighted by Gasteiger charge is -2.04. The van der Waals surface area contributed by atoms with Crippen molar-refractivity contribution in [3.8, 4) is 0 Å². The van der Waals surface area contributed by atoms with Crippen LogP contribution in [0.2, 0.25) is 0 Å². The molecule has 72 valence electrons. The molecular formula is C6H6BrIN2O2S. The van der Waals surface area contributed by atoms with Crippen LogP contribution in [-0.2, 0) is 10.0 Å². The van der Waals surface area contributed by atoms with E-state index in [2.05, 4.69) is 25.6 Å². The Bertz CT molecular complexity index is 421. The lowest BCUT2D eigenvalue weighted by Crippen LogP contribution is -2.11. The molecule has 0 aliphatic heterocycles. The monoisotopic (exact) mass is 376 g/mol. The average molecular weight is 377 g/mol. The molecule has 4 nitrogen and oxygen atoms in total. The molecule has 0 aliphatic carbocycles. The van der Waals surface area contributed by atoms with Gasteiger partial charge in [0.1, 0.15) is 0 Å². The molecule has 0 radical (unpaired) electrons. The van der Waals surface area contributed by atoms with Gasteiger partial charge < -0.3 is 0 Å². The van der Waals surface area contributed by atoms with E-state index >= 15 is 0 Å². The Labute approximate surface area is 98.5 Å². The highest BCUT2D eigenvalue weighted by atomic mass is 127. The van der Waals surface area contributed by atoms with Crippen LogP contribution in [0.25, 0.3) is 0 Å². The summed E-state index contributed by atoms with van der Waals surface area (Å²) in [4.78, 5) is 3.92. The molecule has 0 fully saturated rings. The van der Waals surface area contributed by atoms with Gasteiger partial charge in [0.2, 0.25) is 10.0 Å². The van der Waals surface area contributed by atoms with Crippen LogP contribution in [0.4, 0.5) is 5.82 Å². The first-order valence-corrected chi connectivity index (χ1v) is 6.93. The van der Waals surface area contributed by atoms with Gasteiger partial charge in [-0.25, -0.2) is 13.4 Å². The predicted octanol–water partition coefficient (Wildman–Crippen LogP) is 1.82. The van der Waals surface area contributed by atoms with Gasteiger partial charge >= 0.3 is 0 Å². The van der Waals surface area contributed by atoms with Crippen LogP contribution in [0.15, 0.2) is 16.7 Å². The minimum absolute atomic E-state index is 0.353. The topological polar surface area (TPSA) is 59.1 Å². The van der Waals surface area contributed by atoms with Crippen molar-refractivity contribution in [2.24, 2.45) is 0 Å². The molecule has 0 amide bonds. The first kappa shape index (κ1) is 11.2. The van der Waals surface area contributed by atoms with Gasteiger partial charge in [-0.05, 0) is 44.6 Å². The summed E-state index contributed by atoms with van der Waals surface area (Å²) in [6.45, 7) is 0. The molecule has 7 heteroatoms. The molecule has 1 aromatic rings. The van der Waals surface area contributed by atoms with E-state index < -0.39 is 10.0 Å². The van der Waals surface area contributed by atoms with E-state index in [4.69, 9.17) is 0 Å². The SMILES string of the molecule is CS(=O)(=O)Nc1ncc(Br)cc1I. The molecule has 0 atom stereocenters. The van der Waals surface area contributed by atoms with Gasteiger partial charge in [0.25, 0.3) is 0 Å². The summed E-state index contributed by atoms with van der Waals surface area (Å²) in [6, 6.07) is 1.78. The maximum Gasteiger partial charge on any atom is 0.231 e. The lowest BCUT2D eigenvalue weighted by atomic mass is 10.5. The molecule has 0 aliphatic rings. The van der Waals surface area contributed by atoms with E-state index in [1.807, 2.05) is 22.6 Å². The number of nitrogens with one attached hydrogen (secondary N) is 1. The fraction of sp³-hybridized carbons (Fsp3) is 0.167. The summed E-state index contributed by atoms with van der Waals surface area (Å²) in [7, 11) is -3.25. The molecule has 1 rings (SSSR count). The molecule has 1 heterocycles. The molecule has 1 aromatic heterocycles. The van der Waals surface area contributed by atoms with Gasteiger partial charge in [-0.15, -0.1) is 0 Å². The fourth-order valence-corrected chi connectivity index (χ4v) is 2.73. The number of pyridine rings is 1. The molecule has 0 spiro atoms. The van der Waals surface area contributed by atoms with Crippen molar-refractivity contribution < 1.29 is 8.42 Å². The number of hydrogen-bond donors (Lipinski definition) is 1. The number of nitrogens with zero attached hydrogens (tertiary/aromatic N) is 1. The third-order valence-electron chi connectivity index (χ3n) is 1.09. The zero-order valence-corrected chi connectivity index (χ0v) is 11.1. The second-order valence-electron chi connectivity index (χ2n) is 2.36. The van der Waals surface area contributed by atoms with Gasteiger partial charge in [-0.1, -0.05) is 0 Å². The quantitative estimate of drug-likeness (QED) is 0.801. The van der Waals surface area contributed by atoms with Crippen LogP contribution in [-0.4, -0.2) is 19.7 Å². The highest BCUT2D eigenvalue weighted by Crippen LogP contribution is 2.20. The summed E-state index contributed by atoms with van der Waals surface area (Å²) in [6.07, 6.45) is 2.63. The minimum Gasteiger partial charge on any atom is -0.267 e. The molecule has 0 unspecified atom stereocenters. The number of anilines is 1. The van der Waals surface area contributed by atoms with Gasteiger partial charge in [0.15, 0.2) is 5.82 Å². The third kappa shape index (κ3) is 3.77. The molecular weight excluding hydrogens is 371 g/mol. The van der Waals surface area contributed by atoms with Crippen molar-refractivity contribution in [3.05, 3.63) is 20.3 Å². The van der Waals surface area contributed by atoms with Crippen molar-refractivity contribution >= 4 is 54.4 Å². The van der Waals surface area contributed by atoms with Crippen molar-refractivity contribution in [1.82, 2.24) is 4.98 Å². The molecule has 13 heavy (non-hydrogen) atoms. The van der Waals surface area contributed by atoms with E-state index in [1.165, 1.54) is 6.20 Å². The Kier molecular flexibility index (Phi) is 3.52.